The number of benzene rings is 1. The first-order valence-electron chi connectivity index (χ1n) is 6.96. The van der Waals surface area contributed by atoms with Gasteiger partial charge < -0.3 is 4.57 Å². The molecule has 3 aromatic rings. The van der Waals surface area contributed by atoms with Crippen molar-refractivity contribution in [1.82, 2.24) is 14.3 Å². The molecule has 0 saturated heterocycles. The summed E-state index contributed by atoms with van der Waals surface area (Å²) < 4.78 is 17.4. The van der Waals surface area contributed by atoms with Crippen molar-refractivity contribution in [2.75, 3.05) is 0 Å². The Balaban J connectivity index is 1.89. The molecule has 0 amide bonds. The normalized spacial score (nSPS) is 12.9. The highest BCUT2D eigenvalue weighted by molar-refractivity contribution is 5.80. The lowest BCUT2D eigenvalue weighted by atomic mass is 10.2. The van der Waals surface area contributed by atoms with Crippen molar-refractivity contribution in [1.29, 1.82) is 0 Å². The molecule has 1 unspecified atom stereocenters. The average molecular weight is 271 g/mol. The fraction of sp³-hybridized carbons (Fsp3) is 0.312. The molecule has 2 aromatic heterocycles. The van der Waals surface area contributed by atoms with E-state index in [-0.39, 0.29) is 5.82 Å². The van der Waals surface area contributed by atoms with Crippen LogP contribution < -0.4 is 0 Å². The molecule has 104 valence electrons. The van der Waals surface area contributed by atoms with Crippen LogP contribution in [-0.2, 0) is 6.54 Å². The van der Waals surface area contributed by atoms with Crippen LogP contribution in [0, 0.1) is 5.82 Å². The van der Waals surface area contributed by atoms with E-state index >= 15 is 0 Å². The van der Waals surface area contributed by atoms with Crippen LogP contribution in [0.3, 0.4) is 0 Å². The predicted molar refractivity (Wildman–Crippen MR) is 78.2 cm³/mol. The Kier molecular flexibility index (Phi) is 3.30. The first kappa shape index (κ1) is 12.9. The summed E-state index contributed by atoms with van der Waals surface area (Å²) in [6.45, 7) is 4.96. The van der Waals surface area contributed by atoms with Crippen molar-refractivity contribution in [3.8, 4) is 0 Å². The summed E-state index contributed by atoms with van der Waals surface area (Å²) in [7, 11) is 0. The van der Waals surface area contributed by atoms with E-state index < -0.39 is 0 Å². The number of aromatic nitrogens is 3. The molecule has 3 nitrogen and oxygen atoms in total. The molecule has 0 bridgehead atoms. The molecule has 20 heavy (non-hydrogen) atoms. The van der Waals surface area contributed by atoms with Gasteiger partial charge in [0, 0.05) is 18.4 Å². The Labute approximate surface area is 117 Å². The third kappa shape index (κ3) is 2.33. The van der Waals surface area contributed by atoms with E-state index in [1.165, 1.54) is 6.07 Å². The number of halogens is 1. The second-order valence-electron chi connectivity index (χ2n) is 5.19. The third-order valence-electron chi connectivity index (χ3n) is 3.77. The van der Waals surface area contributed by atoms with Gasteiger partial charge in [0.25, 0.3) is 0 Å². The second-order valence-corrected chi connectivity index (χ2v) is 5.19. The van der Waals surface area contributed by atoms with Gasteiger partial charge in [-0.15, -0.1) is 0 Å². The van der Waals surface area contributed by atoms with E-state index in [1.54, 1.807) is 12.1 Å². The molecule has 0 N–H and O–H groups in total. The van der Waals surface area contributed by atoms with Crippen LogP contribution in [0.2, 0.25) is 0 Å². The minimum absolute atomic E-state index is 0.206. The molecular formula is C16H18FN3. The smallest absolute Gasteiger partial charge is 0.125 e. The van der Waals surface area contributed by atoms with Crippen LogP contribution >= 0.6 is 0 Å². The maximum atomic E-state index is 13.4. The fourth-order valence-corrected chi connectivity index (χ4v) is 2.36. The van der Waals surface area contributed by atoms with Gasteiger partial charge in [-0.2, -0.15) is 5.10 Å². The van der Waals surface area contributed by atoms with Crippen molar-refractivity contribution in [2.45, 2.75) is 32.9 Å². The predicted octanol–water partition coefficient (Wildman–Crippen LogP) is 4.00. The van der Waals surface area contributed by atoms with Gasteiger partial charge in [-0.1, -0.05) is 6.92 Å². The number of hydrogen-bond donors (Lipinski definition) is 0. The first-order valence-corrected chi connectivity index (χ1v) is 6.96. The minimum atomic E-state index is -0.206. The van der Waals surface area contributed by atoms with Gasteiger partial charge in [-0.05, 0) is 49.1 Å². The molecule has 0 aliphatic carbocycles. The maximum Gasteiger partial charge on any atom is 0.125 e. The Morgan fingerprint density at radius 2 is 2.05 bits per heavy atom. The average Bonchev–Trinajstić information content (AvgIpc) is 3.06. The highest BCUT2D eigenvalue weighted by Crippen LogP contribution is 2.18. The topological polar surface area (TPSA) is 22.8 Å². The molecule has 3 rings (SSSR count). The van der Waals surface area contributed by atoms with Gasteiger partial charge in [0.2, 0.25) is 0 Å². The highest BCUT2D eigenvalue weighted by Gasteiger charge is 2.07. The van der Waals surface area contributed by atoms with Crippen molar-refractivity contribution < 1.29 is 4.39 Å². The number of rotatable bonds is 4. The van der Waals surface area contributed by atoms with E-state index in [0.29, 0.717) is 12.6 Å². The molecule has 1 aromatic carbocycles. The molecule has 4 heteroatoms. The number of hydrogen-bond acceptors (Lipinski definition) is 1. The van der Waals surface area contributed by atoms with Crippen molar-refractivity contribution in [3.63, 3.8) is 0 Å². The second kappa shape index (κ2) is 5.12. The zero-order chi connectivity index (χ0) is 14.1. The van der Waals surface area contributed by atoms with E-state index in [9.17, 15) is 4.39 Å². The summed E-state index contributed by atoms with van der Waals surface area (Å²) in [5.74, 6) is -0.206. The summed E-state index contributed by atoms with van der Waals surface area (Å²) >= 11 is 0. The van der Waals surface area contributed by atoms with Crippen LogP contribution in [0.1, 0.15) is 32.0 Å². The van der Waals surface area contributed by atoms with Gasteiger partial charge in [-0.3, -0.25) is 4.68 Å². The molecule has 1 atom stereocenters. The molecule has 0 aliphatic heterocycles. The Morgan fingerprint density at radius 3 is 2.85 bits per heavy atom. The lowest BCUT2D eigenvalue weighted by Crippen LogP contribution is -2.06. The van der Waals surface area contributed by atoms with Gasteiger partial charge in [0.05, 0.1) is 17.8 Å². The van der Waals surface area contributed by atoms with E-state index in [2.05, 4.69) is 18.9 Å². The lowest BCUT2D eigenvalue weighted by Gasteiger charge is -2.08. The monoisotopic (exact) mass is 271 g/mol. The van der Waals surface area contributed by atoms with Gasteiger partial charge in [0.1, 0.15) is 5.82 Å². The van der Waals surface area contributed by atoms with Crippen LogP contribution in [0.25, 0.3) is 10.9 Å². The van der Waals surface area contributed by atoms with E-state index in [4.69, 9.17) is 0 Å². The van der Waals surface area contributed by atoms with Crippen LogP contribution in [0.15, 0.2) is 42.7 Å². The zero-order valence-corrected chi connectivity index (χ0v) is 11.8. The summed E-state index contributed by atoms with van der Waals surface area (Å²) in [5, 5.41) is 5.64. The van der Waals surface area contributed by atoms with Crippen molar-refractivity contribution in [2.24, 2.45) is 0 Å². The highest BCUT2D eigenvalue weighted by atomic mass is 19.1. The van der Waals surface area contributed by atoms with Crippen molar-refractivity contribution >= 4 is 10.9 Å². The maximum absolute atomic E-state index is 13.4. The number of fused-ring (bicyclic) bond motifs is 1. The SMILES string of the molecule is CCC(C)n1ccc(Cn2ccc3ccc(F)cc32)n1. The summed E-state index contributed by atoms with van der Waals surface area (Å²) in [5.41, 5.74) is 1.90. The van der Waals surface area contributed by atoms with Gasteiger partial charge in [-0.25, -0.2) is 4.39 Å². The quantitative estimate of drug-likeness (QED) is 0.703. The van der Waals surface area contributed by atoms with Crippen LogP contribution in [0.4, 0.5) is 4.39 Å². The summed E-state index contributed by atoms with van der Waals surface area (Å²) in [6.07, 6.45) is 5.04. The molecular weight excluding hydrogens is 253 g/mol. The first-order chi connectivity index (χ1) is 9.67. The molecule has 0 fully saturated rings. The summed E-state index contributed by atoms with van der Waals surface area (Å²) in [6, 6.07) is 9.30. The van der Waals surface area contributed by atoms with E-state index in [0.717, 1.165) is 23.0 Å². The lowest BCUT2D eigenvalue weighted by molar-refractivity contribution is 0.472. The van der Waals surface area contributed by atoms with E-state index in [1.807, 2.05) is 33.8 Å². The standard InChI is InChI=1S/C16H18FN3/c1-3-12(2)20-9-7-15(18-20)11-19-8-6-13-4-5-14(17)10-16(13)19/h4-10,12H,3,11H2,1-2H3. The van der Waals surface area contributed by atoms with Crippen molar-refractivity contribution in [3.05, 3.63) is 54.2 Å². The third-order valence-corrected chi connectivity index (χ3v) is 3.77. The Hall–Kier alpha value is -2.10. The van der Waals surface area contributed by atoms with Crippen LogP contribution in [-0.4, -0.2) is 14.3 Å². The largest absolute Gasteiger partial charge is 0.341 e. The zero-order valence-electron chi connectivity index (χ0n) is 11.8. The van der Waals surface area contributed by atoms with Gasteiger partial charge in [0.15, 0.2) is 0 Å². The summed E-state index contributed by atoms with van der Waals surface area (Å²) in [4.78, 5) is 0. The molecule has 2 heterocycles. The molecule has 0 saturated carbocycles. The fourth-order valence-electron chi connectivity index (χ4n) is 2.36. The molecule has 0 aliphatic rings. The Bertz CT molecular complexity index is 726. The molecule has 0 spiro atoms. The number of nitrogens with zero attached hydrogens (tertiary/aromatic N) is 3. The molecule has 0 radical (unpaired) electrons. The minimum Gasteiger partial charge on any atom is -0.341 e. The Morgan fingerprint density at radius 1 is 1.20 bits per heavy atom. The van der Waals surface area contributed by atoms with Crippen LogP contribution in [0.5, 0.6) is 0 Å². The van der Waals surface area contributed by atoms with Gasteiger partial charge >= 0.3 is 0 Å².